The van der Waals surface area contributed by atoms with E-state index in [-0.39, 0.29) is 5.92 Å². The first-order chi connectivity index (χ1) is 9.54. The number of pyridine rings is 2. The minimum absolute atomic E-state index is 0.229. The molecule has 2 aromatic heterocycles. The van der Waals surface area contributed by atoms with Crippen molar-refractivity contribution in [1.82, 2.24) is 9.97 Å². The highest BCUT2D eigenvalue weighted by atomic mass is 16.1. The Morgan fingerprint density at radius 2 is 1.95 bits per heavy atom. The van der Waals surface area contributed by atoms with Crippen LogP contribution >= 0.6 is 0 Å². The van der Waals surface area contributed by atoms with Gasteiger partial charge in [0.05, 0.1) is 11.3 Å². The number of aromatic nitrogens is 2. The van der Waals surface area contributed by atoms with Gasteiger partial charge in [0.15, 0.2) is 0 Å². The smallest absolute Gasteiger partial charge is 0.252 e. The molecule has 0 unspecified atom stereocenters. The first kappa shape index (κ1) is 14.0. The summed E-state index contributed by atoms with van der Waals surface area (Å²) in [5, 5.41) is 2.93. The second kappa shape index (κ2) is 5.69. The Balaban J connectivity index is 2.71. The topological polar surface area (TPSA) is 80.9 Å². The molecule has 5 nitrogen and oxygen atoms in total. The molecule has 0 aliphatic heterocycles. The van der Waals surface area contributed by atoms with Gasteiger partial charge >= 0.3 is 0 Å². The molecule has 2 rings (SSSR count). The van der Waals surface area contributed by atoms with Gasteiger partial charge in [0.25, 0.3) is 5.91 Å². The Morgan fingerprint density at radius 3 is 2.45 bits per heavy atom. The molecule has 0 fully saturated rings. The van der Waals surface area contributed by atoms with Crippen LogP contribution in [0, 0.1) is 0 Å². The number of nitrogens with zero attached hydrogens (tertiary/aromatic N) is 2. The molecule has 0 aromatic carbocycles. The first-order valence-electron chi connectivity index (χ1n) is 6.47. The summed E-state index contributed by atoms with van der Waals surface area (Å²) in [6.07, 6.45) is 3.44. The van der Waals surface area contributed by atoms with E-state index in [9.17, 15) is 4.79 Å². The van der Waals surface area contributed by atoms with Crippen molar-refractivity contribution in [3.63, 3.8) is 0 Å². The molecule has 5 heteroatoms. The van der Waals surface area contributed by atoms with Crippen molar-refractivity contribution < 1.29 is 4.79 Å². The number of anilines is 1. The molecule has 0 saturated carbocycles. The van der Waals surface area contributed by atoms with Crippen LogP contribution in [0.4, 0.5) is 5.82 Å². The lowest BCUT2D eigenvalue weighted by Gasteiger charge is -2.16. The molecule has 1 amide bonds. The summed E-state index contributed by atoms with van der Waals surface area (Å²) in [5.41, 5.74) is 8.63. The van der Waals surface area contributed by atoms with E-state index in [1.165, 1.54) is 0 Å². The molecule has 0 aliphatic rings. The van der Waals surface area contributed by atoms with E-state index in [0.29, 0.717) is 11.4 Å². The Morgan fingerprint density at radius 1 is 1.30 bits per heavy atom. The Bertz CT molecular complexity index is 623. The van der Waals surface area contributed by atoms with Crippen molar-refractivity contribution in [2.75, 3.05) is 12.4 Å². The molecule has 3 N–H and O–H groups in total. The maximum atomic E-state index is 11.6. The molecular weight excluding hydrogens is 252 g/mol. The minimum atomic E-state index is -0.493. The predicted octanol–water partition coefficient (Wildman–Crippen LogP) is 2.41. The van der Waals surface area contributed by atoms with Crippen molar-refractivity contribution in [2.45, 2.75) is 19.8 Å². The van der Waals surface area contributed by atoms with Gasteiger partial charge in [-0.15, -0.1) is 0 Å². The van der Waals surface area contributed by atoms with Crippen LogP contribution in [0.2, 0.25) is 0 Å². The lowest BCUT2D eigenvalue weighted by atomic mass is 9.96. The van der Waals surface area contributed by atoms with E-state index >= 15 is 0 Å². The summed E-state index contributed by atoms with van der Waals surface area (Å²) < 4.78 is 0. The van der Waals surface area contributed by atoms with Crippen LogP contribution in [0.5, 0.6) is 0 Å². The summed E-state index contributed by atoms with van der Waals surface area (Å²) in [7, 11) is 1.73. The molecule has 0 spiro atoms. The zero-order valence-electron chi connectivity index (χ0n) is 11.8. The zero-order valence-corrected chi connectivity index (χ0v) is 11.8. The van der Waals surface area contributed by atoms with Crippen LogP contribution in [0.1, 0.15) is 35.8 Å². The average Bonchev–Trinajstić information content (AvgIpc) is 2.46. The fourth-order valence-corrected chi connectivity index (χ4v) is 2.11. The standard InChI is InChI=1S/C15H18N4O/c1-9(2)13-11(10-4-6-18-7-5-10)8-12(14(16)20)15(17-3)19-13/h4-9H,1-3H3,(H2,16,20)(H,17,19). The molecular formula is C15H18N4O. The average molecular weight is 270 g/mol. The third kappa shape index (κ3) is 2.61. The van der Waals surface area contributed by atoms with Crippen molar-refractivity contribution in [3.05, 3.63) is 41.9 Å². The van der Waals surface area contributed by atoms with Crippen LogP contribution < -0.4 is 11.1 Å². The normalized spacial score (nSPS) is 10.6. The summed E-state index contributed by atoms with van der Waals surface area (Å²) in [5.74, 6) is 0.249. The van der Waals surface area contributed by atoms with E-state index in [1.807, 2.05) is 12.1 Å². The number of nitrogens with two attached hydrogens (primary N) is 1. The van der Waals surface area contributed by atoms with E-state index in [1.54, 1.807) is 25.5 Å². The van der Waals surface area contributed by atoms with E-state index in [2.05, 4.69) is 29.1 Å². The van der Waals surface area contributed by atoms with E-state index in [0.717, 1.165) is 16.8 Å². The summed E-state index contributed by atoms with van der Waals surface area (Å²) in [6, 6.07) is 5.59. The van der Waals surface area contributed by atoms with Gasteiger partial charge in [-0.1, -0.05) is 13.8 Å². The van der Waals surface area contributed by atoms with Crippen LogP contribution in [0.25, 0.3) is 11.1 Å². The highest BCUT2D eigenvalue weighted by Crippen LogP contribution is 2.30. The molecule has 2 aromatic rings. The lowest BCUT2D eigenvalue weighted by molar-refractivity contribution is 0.100. The maximum absolute atomic E-state index is 11.6. The number of nitrogens with one attached hydrogen (secondary N) is 1. The second-order valence-corrected chi connectivity index (χ2v) is 4.82. The number of amides is 1. The number of hydrogen-bond acceptors (Lipinski definition) is 4. The fourth-order valence-electron chi connectivity index (χ4n) is 2.11. The number of hydrogen-bond donors (Lipinski definition) is 2. The van der Waals surface area contributed by atoms with Gasteiger partial charge in [0, 0.05) is 25.0 Å². The van der Waals surface area contributed by atoms with Crippen LogP contribution in [0.3, 0.4) is 0 Å². The summed E-state index contributed by atoms with van der Waals surface area (Å²) >= 11 is 0. The van der Waals surface area contributed by atoms with Crippen molar-refractivity contribution in [1.29, 1.82) is 0 Å². The molecule has 0 saturated heterocycles. The largest absolute Gasteiger partial charge is 0.372 e. The van der Waals surface area contributed by atoms with Gasteiger partial charge in [-0.25, -0.2) is 4.98 Å². The zero-order chi connectivity index (χ0) is 14.7. The van der Waals surface area contributed by atoms with Gasteiger partial charge in [-0.2, -0.15) is 0 Å². The van der Waals surface area contributed by atoms with Crippen LogP contribution in [0.15, 0.2) is 30.6 Å². The molecule has 20 heavy (non-hydrogen) atoms. The van der Waals surface area contributed by atoms with Gasteiger partial charge in [0.2, 0.25) is 0 Å². The second-order valence-electron chi connectivity index (χ2n) is 4.82. The predicted molar refractivity (Wildman–Crippen MR) is 79.6 cm³/mol. The quantitative estimate of drug-likeness (QED) is 0.894. The molecule has 0 aliphatic carbocycles. The third-order valence-electron chi connectivity index (χ3n) is 3.09. The number of rotatable bonds is 4. The SMILES string of the molecule is CNc1nc(C(C)C)c(-c2ccncc2)cc1C(N)=O. The van der Waals surface area contributed by atoms with Crippen molar-refractivity contribution >= 4 is 11.7 Å². The van der Waals surface area contributed by atoms with Crippen LogP contribution in [-0.2, 0) is 0 Å². The number of primary amides is 1. The van der Waals surface area contributed by atoms with Crippen molar-refractivity contribution in [2.24, 2.45) is 5.73 Å². The highest BCUT2D eigenvalue weighted by molar-refractivity contribution is 5.99. The molecule has 104 valence electrons. The molecule has 0 atom stereocenters. The van der Waals surface area contributed by atoms with Crippen molar-refractivity contribution in [3.8, 4) is 11.1 Å². The Labute approximate surface area is 118 Å². The summed E-state index contributed by atoms with van der Waals surface area (Å²) in [6.45, 7) is 4.13. The number of carbonyl (C=O) groups excluding carboxylic acids is 1. The summed E-state index contributed by atoms with van der Waals surface area (Å²) in [4.78, 5) is 20.1. The van der Waals surface area contributed by atoms with Gasteiger partial charge in [0.1, 0.15) is 5.82 Å². The molecule has 0 radical (unpaired) electrons. The van der Waals surface area contributed by atoms with Gasteiger partial charge < -0.3 is 11.1 Å². The highest BCUT2D eigenvalue weighted by Gasteiger charge is 2.17. The van der Waals surface area contributed by atoms with Gasteiger partial charge in [-0.3, -0.25) is 9.78 Å². The van der Waals surface area contributed by atoms with E-state index < -0.39 is 5.91 Å². The first-order valence-corrected chi connectivity index (χ1v) is 6.47. The monoisotopic (exact) mass is 270 g/mol. The Kier molecular flexibility index (Phi) is 3.98. The third-order valence-corrected chi connectivity index (χ3v) is 3.09. The minimum Gasteiger partial charge on any atom is -0.372 e. The fraction of sp³-hybridized carbons (Fsp3) is 0.267. The Hall–Kier alpha value is -2.43. The molecule has 0 bridgehead atoms. The maximum Gasteiger partial charge on any atom is 0.252 e. The van der Waals surface area contributed by atoms with E-state index in [4.69, 9.17) is 5.73 Å². The number of carbonyl (C=O) groups is 1. The molecule has 2 heterocycles. The van der Waals surface area contributed by atoms with Crippen LogP contribution in [-0.4, -0.2) is 22.9 Å². The van der Waals surface area contributed by atoms with Gasteiger partial charge in [-0.05, 0) is 29.7 Å². The lowest BCUT2D eigenvalue weighted by Crippen LogP contribution is -2.16.